The second-order valence-electron chi connectivity index (χ2n) is 2.80. The van der Waals surface area contributed by atoms with Gasteiger partial charge in [-0.05, 0) is 0 Å². The van der Waals surface area contributed by atoms with E-state index in [4.69, 9.17) is 15.9 Å². The van der Waals surface area contributed by atoms with Crippen molar-refractivity contribution in [3.05, 3.63) is 0 Å². The van der Waals surface area contributed by atoms with Gasteiger partial charge in [0.25, 0.3) is 0 Å². The first-order valence-corrected chi connectivity index (χ1v) is 3.60. The average Bonchev–Trinajstić information content (AvgIpc) is 2.00. The fraction of sp³-hybridized carbons (Fsp3) is 0.857. The van der Waals surface area contributed by atoms with Gasteiger partial charge in [-0.25, -0.2) is 0 Å². The van der Waals surface area contributed by atoms with Crippen molar-refractivity contribution in [3.63, 3.8) is 0 Å². The number of carbonyl (C=O) groups is 1. The van der Waals surface area contributed by atoms with Crippen LogP contribution in [0.5, 0.6) is 0 Å². The van der Waals surface area contributed by atoms with Crippen LogP contribution in [0.4, 0.5) is 0 Å². The maximum atomic E-state index is 11.0. The smallest absolute Gasteiger partial charge is 0.166 e. The molecule has 0 aliphatic rings. The molecule has 4 heteroatoms. The third kappa shape index (κ3) is 2.96. The van der Waals surface area contributed by atoms with Crippen LogP contribution in [0, 0.1) is 5.92 Å². The highest BCUT2D eigenvalue weighted by atomic mass is 16.3. The summed E-state index contributed by atoms with van der Waals surface area (Å²) in [7, 11) is 0. The van der Waals surface area contributed by atoms with Gasteiger partial charge in [0.15, 0.2) is 5.78 Å². The Morgan fingerprint density at radius 1 is 1.45 bits per heavy atom. The topological polar surface area (TPSA) is 83.5 Å². The zero-order valence-corrected chi connectivity index (χ0v) is 6.82. The molecule has 0 fully saturated rings. The average molecular weight is 161 g/mol. The van der Waals surface area contributed by atoms with Crippen LogP contribution in [0.25, 0.3) is 0 Å². The summed E-state index contributed by atoms with van der Waals surface area (Å²) in [5.41, 5.74) is 5.05. The molecule has 0 heterocycles. The molecule has 1 unspecified atom stereocenters. The molecule has 0 aliphatic heterocycles. The minimum Gasteiger partial charge on any atom is -0.389 e. The van der Waals surface area contributed by atoms with E-state index < -0.39 is 12.2 Å². The van der Waals surface area contributed by atoms with Crippen molar-refractivity contribution in [1.29, 1.82) is 0 Å². The molecule has 0 spiro atoms. The van der Waals surface area contributed by atoms with Crippen molar-refractivity contribution in [2.45, 2.75) is 26.1 Å². The van der Waals surface area contributed by atoms with Gasteiger partial charge in [0.1, 0.15) is 6.10 Å². The van der Waals surface area contributed by atoms with Gasteiger partial charge in [0.2, 0.25) is 0 Å². The molecule has 0 amide bonds. The van der Waals surface area contributed by atoms with Crippen molar-refractivity contribution >= 4 is 5.78 Å². The first-order chi connectivity index (χ1) is 5.00. The van der Waals surface area contributed by atoms with E-state index in [1.165, 1.54) is 0 Å². The largest absolute Gasteiger partial charge is 0.389 e. The molecular weight excluding hydrogens is 146 g/mol. The molecular formula is C7H15NO3. The Kier molecular flexibility index (Phi) is 4.25. The summed E-state index contributed by atoms with van der Waals surface area (Å²) in [5.74, 6) is -0.644. The second-order valence-corrected chi connectivity index (χ2v) is 2.80. The van der Waals surface area contributed by atoms with E-state index >= 15 is 0 Å². The molecule has 4 N–H and O–H groups in total. The number of rotatable bonds is 4. The molecule has 0 aromatic rings. The van der Waals surface area contributed by atoms with Gasteiger partial charge in [-0.2, -0.15) is 0 Å². The maximum Gasteiger partial charge on any atom is 0.166 e. The highest BCUT2D eigenvalue weighted by molar-refractivity contribution is 5.85. The maximum absolute atomic E-state index is 11.0. The number of aliphatic hydroxyl groups excluding tert-OH is 2. The lowest BCUT2D eigenvalue weighted by atomic mass is 10.0. The van der Waals surface area contributed by atoms with E-state index in [1.807, 2.05) is 0 Å². The minimum atomic E-state index is -1.33. The van der Waals surface area contributed by atoms with Gasteiger partial charge < -0.3 is 15.9 Å². The van der Waals surface area contributed by atoms with Gasteiger partial charge in [-0.1, -0.05) is 13.8 Å². The Balaban J connectivity index is 4.02. The van der Waals surface area contributed by atoms with Gasteiger partial charge in [0, 0.05) is 12.5 Å². The predicted molar refractivity (Wildman–Crippen MR) is 40.9 cm³/mol. The van der Waals surface area contributed by atoms with Gasteiger partial charge in [-0.15, -0.1) is 0 Å². The highest BCUT2D eigenvalue weighted by Gasteiger charge is 2.24. The first kappa shape index (κ1) is 10.6. The van der Waals surface area contributed by atoms with Crippen LogP contribution in [-0.2, 0) is 4.79 Å². The zero-order chi connectivity index (χ0) is 9.02. The fourth-order valence-corrected chi connectivity index (χ4v) is 0.660. The first-order valence-electron chi connectivity index (χ1n) is 3.60. The Bertz CT molecular complexity index is 136. The number of ketones is 1. The molecule has 2 atom stereocenters. The van der Waals surface area contributed by atoms with Crippen LogP contribution >= 0.6 is 0 Å². The number of nitrogens with two attached hydrogens (primary N) is 1. The monoisotopic (exact) mass is 161 g/mol. The number of Topliss-reactive ketones (excluding diaryl/α,β-unsaturated/α-hetero) is 1. The summed E-state index contributed by atoms with van der Waals surface area (Å²) >= 11 is 0. The Labute approximate surface area is 66.0 Å². The lowest BCUT2D eigenvalue weighted by Gasteiger charge is -2.16. The highest BCUT2D eigenvalue weighted by Crippen LogP contribution is 2.02. The summed E-state index contributed by atoms with van der Waals surface area (Å²) in [5, 5.41) is 18.0. The van der Waals surface area contributed by atoms with Crippen LogP contribution in [0.15, 0.2) is 0 Å². The van der Waals surface area contributed by atoms with E-state index in [9.17, 15) is 4.79 Å². The van der Waals surface area contributed by atoms with Gasteiger partial charge in [-0.3, -0.25) is 4.79 Å². The summed E-state index contributed by atoms with van der Waals surface area (Å²) in [4.78, 5) is 11.0. The Morgan fingerprint density at radius 2 is 1.91 bits per heavy atom. The molecule has 0 aromatic carbocycles. The lowest BCUT2D eigenvalue weighted by Crippen LogP contribution is -2.40. The lowest BCUT2D eigenvalue weighted by molar-refractivity contribution is -0.135. The molecule has 11 heavy (non-hydrogen) atoms. The number of hydrogen-bond donors (Lipinski definition) is 3. The van der Waals surface area contributed by atoms with E-state index in [0.717, 1.165) is 0 Å². The number of carbonyl (C=O) groups excluding carboxylic acids is 1. The van der Waals surface area contributed by atoms with Crippen molar-refractivity contribution in [3.8, 4) is 0 Å². The number of aliphatic hydroxyl groups is 2. The SMILES string of the molecule is CC(C)C(=O)[C@@H](O)C(O)CN. The van der Waals surface area contributed by atoms with Crippen molar-refractivity contribution in [1.82, 2.24) is 0 Å². The molecule has 66 valence electrons. The van der Waals surface area contributed by atoms with Crippen LogP contribution in [0.2, 0.25) is 0 Å². The normalized spacial score (nSPS) is 16.5. The Hall–Kier alpha value is -0.450. The third-order valence-electron chi connectivity index (χ3n) is 1.47. The standard InChI is InChI=1S/C7H15NO3/c1-4(2)6(10)7(11)5(9)3-8/h4-5,7,9,11H,3,8H2,1-2H3/t5?,7-/m0/s1. The molecule has 0 aliphatic carbocycles. The second kappa shape index (κ2) is 4.43. The van der Waals surface area contributed by atoms with E-state index in [2.05, 4.69) is 0 Å². The molecule has 0 aromatic heterocycles. The van der Waals surface area contributed by atoms with Crippen molar-refractivity contribution in [2.24, 2.45) is 11.7 Å². The Morgan fingerprint density at radius 3 is 2.18 bits per heavy atom. The molecule has 0 bridgehead atoms. The summed E-state index contributed by atoms with van der Waals surface area (Å²) in [6, 6.07) is 0. The van der Waals surface area contributed by atoms with Crippen LogP contribution in [0.1, 0.15) is 13.8 Å². The molecule has 0 saturated heterocycles. The third-order valence-corrected chi connectivity index (χ3v) is 1.47. The predicted octanol–water partition coefficient (Wildman–Crippen LogP) is -1.11. The van der Waals surface area contributed by atoms with Crippen molar-refractivity contribution in [2.75, 3.05) is 6.54 Å². The quantitative estimate of drug-likeness (QED) is 0.488. The van der Waals surface area contributed by atoms with E-state index in [0.29, 0.717) is 0 Å². The minimum absolute atomic E-state index is 0.0976. The summed E-state index contributed by atoms with van der Waals surface area (Å²) < 4.78 is 0. The molecule has 0 radical (unpaired) electrons. The molecule has 4 nitrogen and oxygen atoms in total. The van der Waals surface area contributed by atoms with E-state index in [-0.39, 0.29) is 18.2 Å². The van der Waals surface area contributed by atoms with Crippen LogP contribution in [-0.4, -0.2) is 34.7 Å². The molecule has 0 saturated carbocycles. The van der Waals surface area contributed by atoms with E-state index in [1.54, 1.807) is 13.8 Å². The van der Waals surface area contributed by atoms with Crippen molar-refractivity contribution < 1.29 is 15.0 Å². The zero-order valence-electron chi connectivity index (χ0n) is 6.82. The van der Waals surface area contributed by atoms with Crippen LogP contribution < -0.4 is 5.73 Å². The summed E-state index contributed by atoms with van der Waals surface area (Å²) in [6.45, 7) is 3.23. The fourth-order valence-electron chi connectivity index (χ4n) is 0.660. The molecule has 0 rings (SSSR count). The van der Waals surface area contributed by atoms with Gasteiger partial charge >= 0.3 is 0 Å². The van der Waals surface area contributed by atoms with Gasteiger partial charge in [0.05, 0.1) is 6.10 Å². The number of hydrogen-bond acceptors (Lipinski definition) is 4. The van der Waals surface area contributed by atoms with Crippen LogP contribution in [0.3, 0.4) is 0 Å². The summed E-state index contributed by atoms with van der Waals surface area (Å²) in [6.07, 6.45) is -2.47.